The Labute approximate surface area is 197 Å². The predicted molar refractivity (Wildman–Crippen MR) is 85.9 cm³/mol. The molecule has 0 saturated carbocycles. The third-order valence-electron chi connectivity index (χ3n) is 1.15. The summed E-state index contributed by atoms with van der Waals surface area (Å²) in [6.07, 6.45) is -80.9. The zero-order valence-corrected chi connectivity index (χ0v) is 11.3. The summed E-state index contributed by atoms with van der Waals surface area (Å²) in [5, 5.41) is 22.2. The Morgan fingerprint density at radius 3 is 1.95 bits per heavy atom. The van der Waals surface area contributed by atoms with Crippen LogP contribution in [0.1, 0.15) is 149 Å². The molecule has 0 bridgehead atoms. The topological polar surface area (TPSA) is 60.4 Å². The van der Waals surface area contributed by atoms with Gasteiger partial charge in [-0.2, -0.15) is 0 Å². The van der Waals surface area contributed by atoms with Crippen LogP contribution in [0.2, 0.25) is 0 Å². The Bertz CT molecular complexity index is 1450. The molecule has 0 heterocycles. The largest absolute Gasteiger partial charge is 1.00 e. The molecule has 0 aromatic rings. The van der Waals surface area contributed by atoms with Gasteiger partial charge in [-0.3, -0.25) is 0 Å². The Kier molecular flexibility index (Phi) is 2.89. The molecule has 0 amide bonds. The van der Waals surface area contributed by atoms with Crippen molar-refractivity contribution in [3.05, 3.63) is 0 Å². The van der Waals surface area contributed by atoms with Crippen LogP contribution in [0.15, 0.2) is 0 Å². The molecule has 0 saturated heterocycles. The summed E-state index contributed by atoms with van der Waals surface area (Å²) in [4.78, 5) is 11.2. The van der Waals surface area contributed by atoms with Crippen LogP contribution in [0, 0.1) is 0 Å². The molecule has 0 aromatic carbocycles. The molecular formula is C18H35LiO3. The Morgan fingerprint density at radius 2 is 1.45 bits per heavy atom. The van der Waals surface area contributed by atoms with Gasteiger partial charge in [0.15, 0.2) is 0 Å². The maximum atomic E-state index is 11.2. The summed E-state index contributed by atoms with van der Waals surface area (Å²) < 4.78 is 268. The standard InChI is InChI=1S/C18H36O3.Li/c1-2-3-4-11-14-17(19)15-12-9-7-5-6-8-10-13-16-18(20)21;/h17,19H,2-16H2,1H3,(H,20,21);/q;+1/p-1/i1D3,2D2,3D2,4D2,5D2,6D2,7D2,8D2,9D2,10D2,11D2,12D2,13D2,14D2,15D2,16D2,17D;. The Morgan fingerprint density at radius 1 is 1.00 bits per heavy atom. The van der Waals surface area contributed by atoms with Crippen LogP contribution in [0.25, 0.3) is 0 Å². The zero-order valence-electron chi connectivity index (χ0n) is 45.3. The minimum Gasteiger partial charge on any atom is -0.550 e. The van der Waals surface area contributed by atoms with Gasteiger partial charge in [0.2, 0.25) is 0 Å². The number of hydrogen-bond acceptors (Lipinski definition) is 3. The molecule has 0 aliphatic heterocycles. The number of carbonyl (C=O) groups excluding carboxylic acids is 1. The number of aliphatic hydroxyl groups is 1. The second-order valence-electron chi connectivity index (χ2n) is 2.51. The van der Waals surface area contributed by atoms with Gasteiger partial charge >= 0.3 is 18.9 Å². The maximum Gasteiger partial charge on any atom is 1.00 e. The van der Waals surface area contributed by atoms with E-state index in [4.69, 9.17) is 46.6 Å². The minimum absolute atomic E-state index is 0. The molecule has 0 aliphatic rings. The molecule has 1 atom stereocenters. The van der Waals surface area contributed by atoms with Crippen molar-refractivity contribution < 1.29 is 80.5 Å². The molecule has 22 heavy (non-hydrogen) atoms. The number of carboxylic acids is 1. The van der Waals surface area contributed by atoms with Crippen molar-refractivity contribution in [2.24, 2.45) is 0 Å². The van der Waals surface area contributed by atoms with Crippen molar-refractivity contribution >= 4 is 5.97 Å². The second kappa shape index (κ2) is 19.1. The van der Waals surface area contributed by atoms with E-state index in [9.17, 15) is 15.0 Å². The van der Waals surface area contributed by atoms with Crippen molar-refractivity contribution in [1.29, 1.82) is 0 Å². The van der Waals surface area contributed by atoms with Gasteiger partial charge in [-0.25, -0.2) is 0 Å². The molecule has 0 fully saturated rings. The zero-order chi connectivity index (χ0) is 46.1. The van der Waals surface area contributed by atoms with Crippen molar-refractivity contribution in [3.63, 3.8) is 0 Å². The van der Waals surface area contributed by atoms with E-state index >= 15 is 0 Å². The monoisotopic (exact) mass is 340 g/mol. The van der Waals surface area contributed by atoms with E-state index in [1.165, 1.54) is 0 Å². The average Bonchev–Trinajstić information content (AvgIpc) is 2.94. The molecule has 126 valence electrons. The molecule has 0 aromatic heterocycles. The van der Waals surface area contributed by atoms with E-state index in [-0.39, 0.29) is 18.9 Å². The van der Waals surface area contributed by atoms with Crippen molar-refractivity contribution in [3.8, 4) is 0 Å². The fourth-order valence-corrected chi connectivity index (χ4v) is 0.544. The van der Waals surface area contributed by atoms with E-state index in [2.05, 4.69) is 0 Å². The molecule has 0 aliphatic carbocycles. The van der Waals surface area contributed by atoms with E-state index in [0.29, 0.717) is 0 Å². The van der Waals surface area contributed by atoms with Gasteiger partial charge in [0, 0.05) is 51.2 Å². The number of hydrogen-bond donors (Lipinski definition) is 1. The van der Waals surface area contributed by atoms with Crippen LogP contribution in [0.5, 0.6) is 0 Å². The molecule has 1 unspecified atom stereocenters. The van der Waals surface area contributed by atoms with Gasteiger partial charge in [0.25, 0.3) is 0 Å². The summed E-state index contributed by atoms with van der Waals surface area (Å²) in [6.45, 7) is -4.17. The number of aliphatic carboxylic acids is 1. The first-order valence-electron chi connectivity index (χ1n) is 21.9. The third kappa shape index (κ3) is 20.0. The fraction of sp³-hybridized carbons (Fsp3) is 0.944. The SMILES string of the molecule is [2H]C([2H])([2H])C([2H])([2H])C([2H])([2H])C([2H])([2H])C([2H])([2H])C([2H])([2H])C([2H])(O)C([2H])([2H])C([2H])([2H])C([2H])([2H])C([2H])([2H])C([2H])([2H])C([2H])([2H])C([2H])([2H])C([2H])([2H])C([2H])([2H])C([2H])([2H])C(=O)[O-].[Li+]. The van der Waals surface area contributed by atoms with Gasteiger partial charge in [-0.15, -0.1) is 0 Å². The van der Waals surface area contributed by atoms with E-state index in [1.54, 1.807) is 0 Å². The Balaban J connectivity index is 0. The van der Waals surface area contributed by atoms with Crippen LogP contribution >= 0.6 is 0 Å². The summed E-state index contributed by atoms with van der Waals surface area (Å²) in [5.41, 5.74) is 0. The predicted octanol–water partition coefficient (Wildman–Crippen LogP) is 0.973. The van der Waals surface area contributed by atoms with E-state index in [1.807, 2.05) is 0 Å². The van der Waals surface area contributed by atoms with Gasteiger partial charge < -0.3 is 15.0 Å². The van der Waals surface area contributed by atoms with Crippen LogP contribution in [0.4, 0.5) is 0 Å². The number of rotatable bonds is 16. The van der Waals surface area contributed by atoms with Gasteiger partial charge in [-0.05, 0) is 25.5 Å². The molecular weight excluding hydrogens is 271 g/mol. The number of carbonyl (C=O) groups is 1. The van der Waals surface area contributed by atoms with Crippen LogP contribution < -0.4 is 24.0 Å². The first-order valence-corrected chi connectivity index (χ1v) is 4.88. The van der Waals surface area contributed by atoms with Crippen LogP contribution in [-0.2, 0) is 4.79 Å². The fourth-order valence-electron chi connectivity index (χ4n) is 0.544. The smallest absolute Gasteiger partial charge is 0.550 e. The van der Waals surface area contributed by atoms with Crippen LogP contribution in [-0.4, -0.2) is 17.2 Å². The molecule has 0 spiro atoms. The normalized spacial score (nSPS) is 46.6. The molecule has 0 rings (SSSR count). The van der Waals surface area contributed by atoms with Crippen molar-refractivity contribution in [2.45, 2.75) is 109 Å². The molecule has 0 radical (unpaired) electrons. The summed E-state index contributed by atoms with van der Waals surface area (Å²) in [7, 11) is 0. The maximum absolute atomic E-state index is 11.2. The van der Waals surface area contributed by atoms with Gasteiger partial charge in [0.05, 0.1) is 7.45 Å². The van der Waals surface area contributed by atoms with Crippen molar-refractivity contribution in [2.75, 3.05) is 0 Å². The minimum atomic E-state index is -5.45. The molecule has 1 N–H and O–H groups in total. The third-order valence-corrected chi connectivity index (χ3v) is 1.15. The van der Waals surface area contributed by atoms with Gasteiger partial charge in [-0.1, -0.05) is 77.0 Å². The summed E-state index contributed by atoms with van der Waals surface area (Å²) in [6, 6.07) is 0. The quantitative estimate of drug-likeness (QED) is 0.426. The van der Waals surface area contributed by atoms with Gasteiger partial charge in [0.1, 0.15) is 0 Å². The van der Waals surface area contributed by atoms with Crippen molar-refractivity contribution in [1.82, 2.24) is 0 Å². The first kappa shape index (κ1) is 3.34. The average molecular weight is 341 g/mol. The molecule has 3 nitrogen and oxygen atoms in total. The Hall–Kier alpha value is 0.0274. The number of carboxylic acid groups (broad SMARTS) is 1. The summed E-state index contributed by atoms with van der Waals surface area (Å²) in [5.74, 6) is -3.06. The van der Waals surface area contributed by atoms with E-state index < -0.39 is 114 Å². The van der Waals surface area contributed by atoms with Crippen LogP contribution in [0.3, 0.4) is 0 Å². The second-order valence-corrected chi connectivity index (χ2v) is 2.51. The molecule has 4 heteroatoms. The van der Waals surface area contributed by atoms with E-state index in [0.717, 1.165) is 0 Å². The first-order chi connectivity index (χ1) is 22.9. The summed E-state index contributed by atoms with van der Waals surface area (Å²) >= 11 is 0.